The van der Waals surface area contributed by atoms with Gasteiger partial charge in [0.2, 0.25) is 0 Å². The summed E-state index contributed by atoms with van der Waals surface area (Å²) in [5, 5.41) is 0. The van der Waals surface area contributed by atoms with Gasteiger partial charge < -0.3 is 0 Å². The van der Waals surface area contributed by atoms with E-state index in [1.807, 2.05) is 26.0 Å². The molecule has 0 unspecified atom stereocenters. The Labute approximate surface area is 114 Å². The van der Waals surface area contributed by atoms with Crippen molar-refractivity contribution in [3.8, 4) is 0 Å². The first kappa shape index (κ1) is 13.0. The molecule has 0 saturated heterocycles. The number of carbonyl (C=O) groups excluding carboxylic acids is 1. The van der Waals surface area contributed by atoms with Crippen LogP contribution in [-0.4, -0.2) is 5.78 Å². The van der Waals surface area contributed by atoms with Crippen molar-refractivity contribution in [3.63, 3.8) is 0 Å². The van der Waals surface area contributed by atoms with Crippen LogP contribution in [0.5, 0.6) is 0 Å². The summed E-state index contributed by atoms with van der Waals surface area (Å²) in [5.41, 5.74) is 3.27. The lowest BCUT2D eigenvalue weighted by molar-refractivity contribution is 0.103. The smallest absolute Gasteiger partial charge is 0.194 e. The second-order valence-electron chi connectivity index (χ2n) is 4.25. The van der Waals surface area contributed by atoms with E-state index in [-0.39, 0.29) is 11.6 Å². The van der Waals surface area contributed by atoms with E-state index in [1.54, 1.807) is 0 Å². The van der Waals surface area contributed by atoms with Gasteiger partial charge in [0.05, 0.1) is 0 Å². The predicted octanol–water partition coefficient (Wildman–Crippen LogP) is 4.44. The molecular weight excluding hydrogens is 295 g/mol. The summed E-state index contributed by atoms with van der Waals surface area (Å²) in [7, 11) is 0. The average molecular weight is 307 g/mol. The van der Waals surface area contributed by atoms with Gasteiger partial charge in [-0.25, -0.2) is 4.39 Å². The van der Waals surface area contributed by atoms with E-state index < -0.39 is 0 Å². The summed E-state index contributed by atoms with van der Waals surface area (Å²) in [5.74, 6) is -0.448. The molecule has 0 spiro atoms. The Balaban J connectivity index is 2.46. The minimum atomic E-state index is -0.342. The summed E-state index contributed by atoms with van der Waals surface area (Å²) < 4.78 is 13.6. The van der Waals surface area contributed by atoms with Crippen LogP contribution in [0.2, 0.25) is 0 Å². The molecule has 1 nitrogen and oxygen atoms in total. The lowest BCUT2D eigenvalue weighted by atomic mass is 9.99. The largest absolute Gasteiger partial charge is 0.289 e. The van der Waals surface area contributed by atoms with Gasteiger partial charge in [-0.3, -0.25) is 4.79 Å². The van der Waals surface area contributed by atoms with Gasteiger partial charge in [-0.2, -0.15) is 0 Å². The van der Waals surface area contributed by atoms with Crippen molar-refractivity contribution < 1.29 is 9.18 Å². The highest BCUT2D eigenvalue weighted by molar-refractivity contribution is 9.10. The number of carbonyl (C=O) groups is 1. The van der Waals surface area contributed by atoms with Crippen LogP contribution in [-0.2, 0) is 0 Å². The Bertz CT molecular complexity index is 603. The minimum absolute atomic E-state index is 0.107. The van der Waals surface area contributed by atoms with Gasteiger partial charge in [0, 0.05) is 15.6 Å². The first-order valence-electron chi connectivity index (χ1n) is 5.56. The summed E-state index contributed by atoms with van der Waals surface area (Å²) >= 11 is 3.40. The van der Waals surface area contributed by atoms with Crippen LogP contribution >= 0.6 is 15.9 Å². The Morgan fingerprint density at radius 3 is 2.22 bits per heavy atom. The topological polar surface area (TPSA) is 17.1 Å². The number of halogens is 2. The molecule has 0 atom stereocenters. The van der Waals surface area contributed by atoms with Gasteiger partial charge in [0.25, 0.3) is 0 Å². The highest BCUT2D eigenvalue weighted by Gasteiger charge is 2.13. The molecule has 0 aliphatic carbocycles. The molecule has 0 N–H and O–H groups in total. The van der Waals surface area contributed by atoms with Crippen LogP contribution in [0.1, 0.15) is 27.0 Å². The fourth-order valence-corrected chi connectivity index (χ4v) is 2.35. The molecule has 2 aromatic rings. The number of hydrogen-bond donors (Lipinski definition) is 0. The molecule has 0 aliphatic rings. The molecule has 0 bridgehead atoms. The van der Waals surface area contributed by atoms with Gasteiger partial charge in [0.15, 0.2) is 5.78 Å². The normalized spacial score (nSPS) is 10.4. The Morgan fingerprint density at radius 2 is 1.61 bits per heavy atom. The molecule has 0 amide bonds. The molecule has 0 fully saturated rings. The molecule has 2 aromatic carbocycles. The van der Waals surface area contributed by atoms with Crippen LogP contribution in [0.3, 0.4) is 0 Å². The van der Waals surface area contributed by atoms with E-state index in [9.17, 15) is 9.18 Å². The van der Waals surface area contributed by atoms with E-state index in [4.69, 9.17) is 0 Å². The Morgan fingerprint density at radius 1 is 1.06 bits per heavy atom. The van der Waals surface area contributed by atoms with E-state index in [2.05, 4.69) is 15.9 Å². The standard InChI is InChI=1S/C15H12BrFO/c1-9-7-13(14(16)8-10(9)2)15(18)11-3-5-12(17)6-4-11/h3-8H,1-2H3. The number of ketones is 1. The molecular formula is C15H12BrFO. The fourth-order valence-electron chi connectivity index (χ4n) is 1.71. The van der Waals surface area contributed by atoms with Crippen LogP contribution in [0, 0.1) is 19.7 Å². The zero-order valence-corrected chi connectivity index (χ0v) is 11.7. The third-order valence-corrected chi connectivity index (χ3v) is 3.59. The lowest BCUT2D eigenvalue weighted by Crippen LogP contribution is -2.03. The van der Waals surface area contributed by atoms with Crippen LogP contribution in [0.4, 0.5) is 4.39 Å². The molecule has 0 heterocycles. The molecule has 2 rings (SSSR count). The van der Waals surface area contributed by atoms with E-state index >= 15 is 0 Å². The van der Waals surface area contributed by atoms with Crippen molar-refractivity contribution in [2.45, 2.75) is 13.8 Å². The monoisotopic (exact) mass is 306 g/mol. The lowest BCUT2D eigenvalue weighted by Gasteiger charge is -2.08. The second kappa shape index (κ2) is 5.02. The first-order chi connectivity index (χ1) is 8.49. The molecule has 18 heavy (non-hydrogen) atoms. The number of hydrogen-bond acceptors (Lipinski definition) is 1. The van der Waals surface area contributed by atoms with Crippen LogP contribution < -0.4 is 0 Å². The maximum absolute atomic E-state index is 12.8. The molecule has 0 radical (unpaired) electrons. The van der Waals surface area contributed by atoms with Gasteiger partial charge in [0.1, 0.15) is 5.82 Å². The predicted molar refractivity (Wildman–Crippen MR) is 73.4 cm³/mol. The zero-order chi connectivity index (χ0) is 13.3. The van der Waals surface area contributed by atoms with Crippen molar-refractivity contribution >= 4 is 21.7 Å². The van der Waals surface area contributed by atoms with E-state index in [0.29, 0.717) is 11.1 Å². The van der Waals surface area contributed by atoms with Crippen molar-refractivity contribution in [2.75, 3.05) is 0 Å². The quantitative estimate of drug-likeness (QED) is 0.750. The van der Waals surface area contributed by atoms with Crippen molar-refractivity contribution in [1.29, 1.82) is 0 Å². The summed E-state index contributed by atoms with van der Waals surface area (Å²) in [4.78, 5) is 12.3. The molecule has 3 heteroatoms. The highest BCUT2D eigenvalue weighted by atomic mass is 79.9. The van der Waals surface area contributed by atoms with Crippen molar-refractivity contribution in [1.82, 2.24) is 0 Å². The highest BCUT2D eigenvalue weighted by Crippen LogP contribution is 2.24. The van der Waals surface area contributed by atoms with Gasteiger partial charge in [-0.1, -0.05) is 15.9 Å². The minimum Gasteiger partial charge on any atom is -0.289 e. The Kier molecular flexibility index (Phi) is 3.62. The molecule has 0 aliphatic heterocycles. The van der Waals surface area contributed by atoms with Crippen LogP contribution in [0.15, 0.2) is 40.9 Å². The second-order valence-corrected chi connectivity index (χ2v) is 5.11. The summed E-state index contributed by atoms with van der Waals surface area (Å²) in [6, 6.07) is 9.36. The first-order valence-corrected chi connectivity index (χ1v) is 6.35. The Hall–Kier alpha value is -1.48. The van der Waals surface area contributed by atoms with Crippen LogP contribution in [0.25, 0.3) is 0 Å². The van der Waals surface area contributed by atoms with Crippen molar-refractivity contribution in [3.05, 3.63) is 68.9 Å². The number of rotatable bonds is 2. The maximum atomic E-state index is 12.8. The number of benzene rings is 2. The van der Waals surface area contributed by atoms with Gasteiger partial charge in [-0.15, -0.1) is 0 Å². The molecule has 0 saturated carbocycles. The van der Waals surface area contributed by atoms with Crippen molar-refractivity contribution in [2.24, 2.45) is 0 Å². The van der Waals surface area contributed by atoms with E-state index in [1.165, 1.54) is 24.3 Å². The van der Waals surface area contributed by atoms with E-state index in [0.717, 1.165) is 15.6 Å². The molecule has 0 aromatic heterocycles. The fraction of sp³-hybridized carbons (Fsp3) is 0.133. The SMILES string of the molecule is Cc1cc(Br)c(C(=O)c2ccc(F)cc2)cc1C. The number of aryl methyl sites for hydroxylation is 2. The average Bonchev–Trinajstić information content (AvgIpc) is 2.34. The summed E-state index contributed by atoms with van der Waals surface area (Å²) in [6.07, 6.45) is 0. The van der Waals surface area contributed by atoms with Gasteiger partial charge >= 0.3 is 0 Å². The summed E-state index contributed by atoms with van der Waals surface area (Å²) in [6.45, 7) is 3.95. The third-order valence-electron chi connectivity index (χ3n) is 2.93. The maximum Gasteiger partial charge on any atom is 0.194 e. The molecule has 92 valence electrons. The third kappa shape index (κ3) is 2.51. The zero-order valence-electron chi connectivity index (χ0n) is 10.1. The van der Waals surface area contributed by atoms with Gasteiger partial charge in [-0.05, 0) is 61.4 Å².